The number of halogens is 1. The van der Waals surface area contributed by atoms with Crippen molar-refractivity contribution >= 4 is 21.8 Å². The molecule has 0 aromatic heterocycles. The van der Waals surface area contributed by atoms with Crippen LogP contribution in [0.1, 0.15) is 0 Å². The summed E-state index contributed by atoms with van der Waals surface area (Å²) in [5.41, 5.74) is 0.637. The maximum absolute atomic E-state index is 11.2. The van der Waals surface area contributed by atoms with Gasteiger partial charge in [0, 0.05) is 7.05 Å². The van der Waals surface area contributed by atoms with E-state index in [4.69, 9.17) is 4.74 Å². The van der Waals surface area contributed by atoms with Crippen LogP contribution in [0, 0.1) is 0 Å². The second kappa shape index (κ2) is 3.79. The van der Waals surface area contributed by atoms with E-state index in [0.717, 1.165) is 0 Å². The van der Waals surface area contributed by atoms with Crippen molar-refractivity contribution in [3.63, 3.8) is 0 Å². The van der Waals surface area contributed by atoms with E-state index in [0.29, 0.717) is 15.9 Å². The maximum Gasteiger partial charge on any atom is 0.264 e. The topological polar surface area (TPSA) is 29.5 Å². The SMILES string of the molecule is C=CC1=C(C(=C)Br)OCC(=O)N1C. The van der Waals surface area contributed by atoms with Crippen molar-refractivity contribution in [2.45, 2.75) is 0 Å². The Balaban J connectivity index is 3.13. The first-order valence-electron chi connectivity index (χ1n) is 3.68. The Morgan fingerprint density at radius 3 is 2.85 bits per heavy atom. The summed E-state index contributed by atoms with van der Waals surface area (Å²) in [7, 11) is 1.68. The number of rotatable bonds is 2. The summed E-state index contributed by atoms with van der Waals surface area (Å²) in [6.07, 6.45) is 1.57. The standard InChI is InChI=1S/C9H10BrNO2/c1-4-7-9(6(2)10)13-5-8(12)11(7)3/h4H,1-2,5H2,3H3. The molecule has 1 heterocycles. The Kier molecular flexibility index (Phi) is 2.93. The van der Waals surface area contributed by atoms with Crippen LogP contribution in [0.3, 0.4) is 0 Å². The minimum absolute atomic E-state index is 0.0494. The van der Waals surface area contributed by atoms with Gasteiger partial charge in [-0.3, -0.25) is 4.79 Å². The third kappa shape index (κ3) is 1.83. The van der Waals surface area contributed by atoms with E-state index >= 15 is 0 Å². The van der Waals surface area contributed by atoms with Gasteiger partial charge in [0.2, 0.25) is 0 Å². The zero-order valence-electron chi connectivity index (χ0n) is 7.34. The van der Waals surface area contributed by atoms with Crippen molar-refractivity contribution in [2.24, 2.45) is 0 Å². The zero-order chi connectivity index (χ0) is 10.0. The predicted octanol–water partition coefficient (Wildman–Crippen LogP) is 1.78. The van der Waals surface area contributed by atoms with E-state index in [1.54, 1.807) is 13.1 Å². The van der Waals surface area contributed by atoms with Crippen LogP contribution < -0.4 is 0 Å². The molecule has 70 valence electrons. The van der Waals surface area contributed by atoms with E-state index in [1.807, 2.05) is 0 Å². The number of allylic oxidation sites excluding steroid dienone is 2. The Labute approximate surface area is 85.5 Å². The number of hydrogen-bond donors (Lipinski definition) is 0. The molecule has 0 aliphatic carbocycles. The largest absolute Gasteiger partial charge is 0.480 e. The quantitative estimate of drug-likeness (QED) is 0.741. The second-order valence-electron chi connectivity index (χ2n) is 2.56. The van der Waals surface area contributed by atoms with Gasteiger partial charge in [-0.25, -0.2) is 0 Å². The van der Waals surface area contributed by atoms with E-state index in [-0.39, 0.29) is 12.5 Å². The molecule has 0 fully saturated rings. The molecule has 0 unspecified atom stereocenters. The third-order valence-electron chi connectivity index (χ3n) is 1.75. The molecular formula is C9H10BrNO2. The summed E-state index contributed by atoms with van der Waals surface area (Å²) in [4.78, 5) is 12.7. The molecule has 13 heavy (non-hydrogen) atoms. The molecule has 0 bridgehead atoms. The number of carbonyl (C=O) groups excluding carboxylic acids is 1. The fraction of sp³-hybridized carbons (Fsp3) is 0.222. The van der Waals surface area contributed by atoms with E-state index in [1.165, 1.54) is 4.90 Å². The Bertz CT molecular complexity index is 307. The summed E-state index contributed by atoms with van der Waals surface area (Å²) >= 11 is 3.20. The van der Waals surface area contributed by atoms with Crippen LogP contribution in [0.2, 0.25) is 0 Å². The molecule has 0 aromatic carbocycles. The molecule has 0 aromatic rings. The van der Waals surface area contributed by atoms with Gasteiger partial charge in [-0.2, -0.15) is 0 Å². The Hall–Kier alpha value is -1.03. The number of ether oxygens (including phenoxy) is 1. The van der Waals surface area contributed by atoms with Crippen LogP contribution in [0.15, 0.2) is 35.2 Å². The molecule has 0 spiro atoms. The first kappa shape index (κ1) is 10.1. The highest BCUT2D eigenvalue weighted by Crippen LogP contribution is 2.25. The average molecular weight is 244 g/mol. The zero-order valence-corrected chi connectivity index (χ0v) is 8.93. The first-order valence-corrected chi connectivity index (χ1v) is 4.48. The fourth-order valence-corrected chi connectivity index (χ4v) is 1.36. The molecule has 1 amide bonds. The van der Waals surface area contributed by atoms with Gasteiger partial charge in [-0.15, -0.1) is 0 Å². The second-order valence-corrected chi connectivity index (χ2v) is 3.52. The van der Waals surface area contributed by atoms with Gasteiger partial charge in [-0.05, 0) is 22.0 Å². The lowest BCUT2D eigenvalue weighted by Crippen LogP contribution is -2.34. The molecule has 1 aliphatic rings. The number of nitrogens with zero attached hydrogens (tertiary/aromatic N) is 1. The van der Waals surface area contributed by atoms with Crippen LogP contribution in [-0.2, 0) is 9.53 Å². The lowest BCUT2D eigenvalue weighted by Gasteiger charge is -2.26. The summed E-state index contributed by atoms with van der Waals surface area (Å²) < 4.78 is 5.81. The first-order chi connectivity index (χ1) is 6.07. The van der Waals surface area contributed by atoms with Crippen LogP contribution in [0.5, 0.6) is 0 Å². The van der Waals surface area contributed by atoms with Gasteiger partial charge >= 0.3 is 0 Å². The smallest absolute Gasteiger partial charge is 0.264 e. The van der Waals surface area contributed by atoms with Crippen molar-refractivity contribution < 1.29 is 9.53 Å². The molecule has 1 aliphatic heterocycles. The highest BCUT2D eigenvalue weighted by molar-refractivity contribution is 9.11. The number of likely N-dealkylation sites (N-methyl/N-ethyl adjacent to an activating group) is 1. The highest BCUT2D eigenvalue weighted by atomic mass is 79.9. The van der Waals surface area contributed by atoms with Crippen molar-refractivity contribution in [1.82, 2.24) is 4.90 Å². The van der Waals surface area contributed by atoms with Crippen molar-refractivity contribution in [2.75, 3.05) is 13.7 Å². The van der Waals surface area contributed by atoms with E-state index in [9.17, 15) is 4.79 Å². The lowest BCUT2D eigenvalue weighted by molar-refractivity contribution is -0.133. The lowest BCUT2D eigenvalue weighted by atomic mass is 10.2. The van der Waals surface area contributed by atoms with Crippen LogP contribution in [-0.4, -0.2) is 24.5 Å². The number of hydrogen-bond acceptors (Lipinski definition) is 2. The van der Waals surface area contributed by atoms with Crippen LogP contribution in [0.25, 0.3) is 0 Å². The van der Waals surface area contributed by atoms with Crippen molar-refractivity contribution in [3.8, 4) is 0 Å². The summed E-state index contributed by atoms with van der Waals surface area (Å²) in [5, 5.41) is 0. The summed E-state index contributed by atoms with van der Waals surface area (Å²) in [5.74, 6) is 0.476. The minimum atomic E-state index is -0.0904. The molecule has 4 heteroatoms. The van der Waals surface area contributed by atoms with Gasteiger partial charge < -0.3 is 9.64 Å². The Morgan fingerprint density at radius 2 is 2.38 bits per heavy atom. The molecule has 0 N–H and O–H groups in total. The van der Waals surface area contributed by atoms with Gasteiger partial charge in [0.1, 0.15) is 0 Å². The third-order valence-corrected chi connectivity index (χ3v) is 2.11. The van der Waals surface area contributed by atoms with E-state index < -0.39 is 0 Å². The predicted molar refractivity (Wildman–Crippen MR) is 54.0 cm³/mol. The molecule has 3 nitrogen and oxygen atoms in total. The molecule has 0 saturated heterocycles. The summed E-state index contributed by atoms with van der Waals surface area (Å²) in [6, 6.07) is 0. The van der Waals surface area contributed by atoms with Gasteiger partial charge in [0.05, 0.1) is 10.2 Å². The summed E-state index contributed by atoms with van der Waals surface area (Å²) in [6.45, 7) is 7.34. The maximum atomic E-state index is 11.2. The minimum Gasteiger partial charge on any atom is -0.480 e. The molecule has 0 atom stereocenters. The van der Waals surface area contributed by atoms with Gasteiger partial charge in [-0.1, -0.05) is 13.2 Å². The van der Waals surface area contributed by atoms with Crippen LogP contribution in [0.4, 0.5) is 0 Å². The highest BCUT2D eigenvalue weighted by Gasteiger charge is 2.23. The fourth-order valence-electron chi connectivity index (χ4n) is 1.04. The molecular weight excluding hydrogens is 234 g/mol. The van der Waals surface area contributed by atoms with Gasteiger partial charge in [0.15, 0.2) is 12.4 Å². The monoisotopic (exact) mass is 243 g/mol. The van der Waals surface area contributed by atoms with Crippen LogP contribution >= 0.6 is 15.9 Å². The van der Waals surface area contributed by atoms with Crippen molar-refractivity contribution in [1.29, 1.82) is 0 Å². The number of carbonyl (C=O) groups is 1. The number of amides is 1. The Morgan fingerprint density at radius 1 is 1.77 bits per heavy atom. The van der Waals surface area contributed by atoms with Crippen molar-refractivity contribution in [3.05, 3.63) is 35.2 Å². The van der Waals surface area contributed by atoms with E-state index in [2.05, 4.69) is 29.1 Å². The molecule has 0 saturated carbocycles. The van der Waals surface area contributed by atoms with Gasteiger partial charge in [0.25, 0.3) is 5.91 Å². The molecule has 0 radical (unpaired) electrons. The normalized spacial score (nSPS) is 17.1. The molecule has 1 rings (SSSR count). The average Bonchev–Trinajstić information content (AvgIpc) is 2.09.